The average Bonchev–Trinajstić information content (AvgIpc) is 2.76. The van der Waals surface area contributed by atoms with Crippen LogP contribution >= 0.6 is 23.1 Å². The number of carbonyl (C=O) groups is 2. The van der Waals surface area contributed by atoms with Crippen molar-refractivity contribution in [3.05, 3.63) is 24.3 Å². The predicted molar refractivity (Wildman–Crippen MR) is 78.0 cm³/mol. The number of carboxylic acid groups (broad SMARTS) is 1. The van der Waals surface area contributed by atoms with E-state index in [9.17, 15) is 9.59 Å². The van der Waals surface area contributed by atoms with Crippen molar-refractivity contribution < 1.29 is 14.7 Å². The lowest BCUT2D eigenvalue weighted by Crippen LogP contribution is -2.53. The maximum absolute atomic E-state index is 11.9. The molecule has 0 spiro atoms. The van der Waals surface area contributed by atoms with Gasteiger partial charge in [-0.3, -0.25) is 9.59 Å². The minimum Gasteiger partial charge on any atom is -0.481 e. The van der Waals surface area contributed by atoms with Crippen LogP contribution in [0.2, 0.25) is 0 Å². The van der Waals surface area contributed by atoms with Crippen LogP contribution < -0.4 is 0 Å². The SMILES string of the molecule is O=C(O)C1CN(C(=O)CSc2nc3ccccc3s2)C1. The zero-order valence-corrected chi connectivity index (χ0v) is 12.1. The Bertz CT molecular complexity index is 631. The molecular formula is C13H12N2O3S2. The number of thiazole rings is 1. The number of benzene rings is 1. The number of nitrogens with zero attached hydrogens (tertiary/aromatic N) is 2. The largest absolute Gasteiger partial charge is 0.481 e. The van der Waals surface area contributed by atoms with Gasteiger partial charge in [-0.2, -0.15) is 0 Å². The van der Waals surface area contributed by atoms with Crippen LogP contribution in [-0.4, -0.2) is 45.7 Å². The van der Waals surface area contributed by atoms with Crippen molar-refractivity contribution in [1.82, 2.24) is 9.88 Å². The first-order valence-electron chi connectivity index (χ1n) is 6.12. The van der Waals surface area contributed by atoms with Crippen molar-refractivity contribution in [2.45, 2.75) is 4.34 Å². The number of para-hydroxylation sites is 1. The fraction of sp³-hybridized carbons (Fsp3) is 0.308. The lowest BCUT2D eigenvalue weighted by molar-refractivity contribution is -0.151. The number of likely N-dealkylation sites (tertiary alicyclic amines) is 1. The molecule has 20 heavy (non-hydrogen) atoms. The van der Waals surface area contributed by atoms with Gasteiger partial charge in [0.15, 0.2) is 4.34 Å². The van der Waals surface area contributed by atoms with Gasteiger partial charge in [-0.1, -0.05) is 23.9 Å². The summed E-state index contributed by atoms with van der Waals surface area (Å²) in [6.07, 6.45) is 0. The van der Waals surface area contributed by atoms with Crippen molar-refractivity contribution in [3.8, 4) is 0 Å². The van der Waals surface area contributed by atoms with E-state index in [0.29, 0.717) is 18.8 Å². The third kappa shape index (κ3) is 2.64. The normalized spacial score (nSPS) is 15.3. The smallest absolute Gasteiger partial charge is 0.310 e. The highest BCUT2D eigenvalue weighted by atomic mass is 32.2. The maximum Gasteiger partial charge on any atom is 0.310 e. The Morgan fingerprint density at radius 1 is 1.40 bits per heavy atom. The molecule has 104 valence electrons. The minimum atomic E-state index is -0.826. The second kappa shape index (κ2) is 5.41. The first-order valence-corrected chi connectivity index (χ1v) is 7.92. The molecule has 1 aliphatic rings. The average molecular weight is 308 g/mol. The Morgan fingerprint density at radius 3 is 2.85 bits per heavy atom. The van der Waals surface area contributed by atoms with Crippen LogP contribution in [0.15, 0.2) is 28.6 Å². The first-order chi connectivity index (χ1) is 9.63. The highest BCUT2D eigenvalue weighted by molar-refractivity contribution is 8.01. The molecule has 1 aromatic heterocycles. The van der Waals surface area contributed by atoms with E-state index in [2.05, 4.69) is 4.98 Å². The zero-order valence-electron chi connectivity index (χ0n) is 10.5. The van der Waals surface area contributed by atoms with Gasteiger partial charge >= 0.3 is 5.97 Å². The second-order valence-corrected chi connectivity index (χ2v) is 6.82. The molecule has 1 saturated heterocycles. The molecule has 2 aromatic rings. The van der Waals surface area contributed by atoms with Gasteiger partial charge in [0.05, 0.1) is 21.9 Å². The van der Waals surface area contributed by atoms with Gasteiger partial charge in [-0.05, 0) is 12.1 Å². The highest BCUT2D eigenvalue weighted by Gasteiger charge is 2.35. The summed E-state index contributed by atoms with van der Waals surface area (Å²) in [5.41, 5.74) is 0.947. The minimum absolute atomic E-state index is 0.0215. The summed E-state index contributed by atoms with van der Waals surface area (Å²) >= 11 is 2.98. The Hall–Kier alpha value is -1.60. The molecule has 0 aliphatic carbocycles. The van der Waals surface area contributed by atoms with E-state index in [1.807, 2.05) is 24.3 Å². The third-order valence-corrected chi connectivity index (χ3v) is 5.34. The van der Waals surface area contributed by atoms with Crippen LogP contribution in [0.4, 0.5) is 0 Å². The molecular weight excluding hydrogens is 296 g/mol. The van der Waals surface area contributed by atoms with Crippen LogP contribution in [0.1, 0.15) is 0 Å². The van der Waals surface area contributed by atoms with Crippen molar-refractivity contribution in [2.75, 3.05) is 18.8 Å². The molecule has 1 aliphatic heterocycles. The second-order valence-electron chi connectivity index (χ2n) is 4.57. The molecule has 7 heteroatoms. The molecule has 0 saturated carbocycles. The lowest BCUT2D eigenvalue weighted by atomic mass is 10.0. The topological polar surface area (TPSA) is 70.5 Å². The number of carbonyl (C=O) groups excluding carboxylic acids is 1. The van der Waals surface area contributed by atoms with Gasteiger partial charge in [0.1, 0.15) is 0 Å². The molecule has 5 nitrogen and oxygen atoms in total. The zero-order chi connectivity index (χ0) is 14.1. The quantitative estimate of drug-likeness (QED) is 0.874. The molecule has 1 fully saturated rings. The summed E-state index contributed by atoms with van der Waals surface area (Å²) in [6.45, 7) is 0.656. The molecule has 1 aromatic carbocycles. The monoisotopic (exact) mass is 308 g/mol. The van der Waals surface area contributed by atoms with E-state index in [1.165, 1.54) is 11.8 Å². The number of amides is 1. The van der Waals surface area contributed by atoms with E-state index in [0.717, 1.165) is 14.6 Å². The number of aliphatic carboxylic acids is 1. The van der Waals surface area contributed by atoms with Crippen molar-refractivity contribution in [2.24, 2.45) is 5.92 Å². The molecule has 0 bridgehead atoms. The summed E-state index contributed by atoms with van der Waals surface area (Å²) in [6, 6.07) is 7.86. The highest BCUT2D eigenvalue weighted by Crippen LogP contribution is 2.29. The standard InChI is InChI=1S/C13H12N2O3S2/c16-11(15-5-8(6-15)12(17)18)7-19-13-14-9-3-1-2-4-10(9)20-13/h1-4,8H,5-7H2,(H,17,18). The van der Waals surface area contributed by atoms with Crippen molar-refractivity contribution in [3.63, 3.8) is 0 Å². The van der Waals surface area contributed by atoms with Gasteiger partial charge in [0.2, 0.25) is 5.91 Å². The molecule has 0 unspecified atom stereocenters. The first kappa shape index (κ1) is 13.4. The Morgan fingerprint density at radius 2 is 2.15 bits per heavy atom. The summed E-state index contributed by atoms with van der Waals surface area (Å²) in [5.74, 6) is -0.933. The number of rotatable bonds is 4. The number of fused-ring (bicyclic) bond motifs is 1. The fourth-order valence-electron chi connectivity index (χ4n) is 1.97. The van der Waals surface area contributed by atoms with Gasteiger partial charge in [0.25, 0.3) is 0 Å². The molecule has 1 amide bonds. The predicted octanol–water partition coefficient (Wildman–Crippen LogP) is 1.93. The van der Waals surface area contributed by atoms with E-state index in [4.69, 9.17) is 5.11 Å². The number of aromatic nitrogens is 1. The van der Waals surface area contributed by atoms with Gasteiger partial charge < -0.3 is 10.0 Å². The Balaban J connectivity index is 1.54. The van der Waals surface area contributed by atoms with Gasteiger partial charge in [-0.15, -0.1) is 11.3 Å². The summed E-state index contributed by atoms with van der Waals surface area (Å²) in [4.78, 5) is 28.6. The van der Waals surface area contributed by atoms with Crippen molar-refractivity contribution in [1.29, 1.82) is 0 Å². The van der Waals surface area contributed by atoms with Crippen LogP contribution in [0.5, 0.6) is 0 Å². The molecule has 1 N–H and O–H groups in total. The van der Waals surface area contributed by atoms with Crippen molar-refractivity contribution >= 4 is 45.2 Å². The van der Waals surface area contributed by atoms with Crippen LogP contribution in [0.25, 0.3) is 10.2 Å². The summed E-state index contributed by atoms with van der Waals surface area (Å²) < 4.78 is 1.98. The number of carboxylic acids is 1. The molecule has 2 heterocycles. The van der Waals surface area contributed by atoms with Gasteiger partial charge in [0, 0.05) is 13.1 Å². The maximum atomic E-state index is 11.9. The van der Waals surface area contributed by atoms with E-state index < -0.39 is 11.9 Å². The van der Waals surface area contributed by atoms with E-state index >= 15 is 0 Å². The molecule has 3 rings (SSSR count). The van der Waals surface area contributed by atoms with Crippen LogP contribution in [0.3, 0.4) is 0 Å². The molecule has 0 radical (unpaired) electrons. The summed E-state index contributed by atoms with van der Waals surface area (Å²) in [7, 11) is 0. The number of thioether (sulfide) groups is 1. The Labute approximate surface area is 123 Å². The third-order valence-electron chi connectivity index (χ3n) is 3.18. The van der Waals surface area contributed by atoms with Crippen LogP contribution in [-0.2, 0) is 9.59 Å². The molecule has 0 atom stereocenters. The summed E-state index contributed by atoms with van der Waals surface area (Å²) in [5, 5.41) is 8.77. The fourth-order valence-corrected chi connectivity index (χ4v) is 3.94. The lowest BCUT2D eigenvalue weighted by Gasteiger charge is -2.36. The number of hydrogen-bond donors (Lipinski definition) is 1. The van der Waals surface area contributed by atoms with E-state index in [1.54, 1.807) is 16.2 Å². The van der Waals surface area contributed by atoms with Gasteiger partial charge in [-0.25, -0.2) is 4.98 Å². The Kier molecular flexibility index (Phi) is 3.62. The van der Waals surface area contributed by atoms with E-state index in [-0.39, 0.29) is 5.91 Å². The number of hydrogen-bond acceptors (Lipinski definition) is 5. The van der Waals surface area contributed by atoms with Crippen LogP contribution in [0, 0.1) is 5.92 Å².